The molecule has 0 saturated heterocycles. The Morgan fingerprint density at radius 2 is 1.85 bits per heavy atom. The lowest BCUT2D eigenvalue weighted by molar-refractivity contribution is 0.112. The third kappa shape index (κ3) is 2.45. The number of aldehydes is 1. The van der Waals surface area contributed by atoms with Crippen LogP contribution >= 0.6 is 0 Å². The van der Waals surface area contributed by atoms with Crippen LogP contribution in [0.15, 0.2) is 30.3 Å². The second-order valence-electron chi connectivity index (χ2n) is 4.51. The first kappa shape index (κ1) is 13.9. The summed E-state index contributed by atoms with van der Waals surface area (Å²) in [5, 5.41) is 0. The van der Waals surface area contributed by atoms with E-state index in [9.17, 15) is 4.79 Å². The van der Waals surface area contributed by atoms with Gasteiger partial charge in [0.05, 0.1) is 19.8 Å². The molecule has 2 aromatic rings. The van der Waals surface area contributed by atoms with E-state index in [0.29, 0.717) is 22.7 Å². The number of hydrogen-bond acceptors (Lipinski definition) is 4. The fraction of sp³-hybridized carbons (Fsp3) is 0.188. The molecule has 2 N–H and O–H groups in total. The minimum absolute atomic E-state index is 0.428. The number of ether oxygens (including phenoxy) is 2. The number of rotatable bonds is 4. The number of nitrogens with two attached hydrogens (primary N) is 1. The van der Waals surface area contributed by atoms with Crippen LogP contribution in [0, 0.1) is 6.92 Å². The summed E-state index contributed by atoms with van der Waals surface area (Å²) in [6.45, 7) is 1.99. The highest BCUT2D eigenvalue weighted by atomic mass is 16.5. The van der Waals surface area contributed by atoms with Crippen molar-refractivity contribution >= 4 is 12.0 Å². The van der Waals surface area contributed by atoms with E-state index in [4.69, 9.17) is 15.2 Å². The topological polar surface area (TPSA) is 61.5 Å². The first-order valence-corrected chi connectivity index (χ1v) is 6.18. The molecule has 0 heterocycles. The van der Waals surface area contributed by atoms with Crippen LogP contribution in [-0.2, 0) is 0 Å². The number of anilines is 1. The molecule has 0 fully saturated rings. The van der Waals surface area contributed by atoms with Gasteiger partial charge in [-0.1, -0.05) is 11.6 Å². The fourth-order valence-electron chi connectivity index (χ4n) is 2.16. The minimum Gasteiger partial charge on any atom is -0.493 e. The average Bonchev–Trinajstić information content (AvgIpc) is 2.48. The molecular weight excluding hydrogens is 254 g/mol. The van der Waals surface area contributed by atoms with Crippen molar-refractivity contribution in [2.45, 2.75) is 6.92 Å². The monoisotopic (exact) mass is 271 g/mol. The molecule has 0 atom stereocenters. The largest absolute Gasteiger partial charge is 0.493 e. The lowest BCUT2D eigenvalue weighted by Crippen LogP contribution is -1.98. The normalized spacial score (nSPS) is 10.2. The van der Waals surface area contributed by atoms with E-state index in [1.54, 1.807) is 6.07 Å². The zero-order valence-electron chi connectivity index (χ0n) is 11.8. The van der Waals surface area contributed by atoms with Crippen LogP contribution in [0.4, 0.5) is 5.69 Å². The maximum absolute atomic E-state index is 11.2. The van der Waals surface area contributed by atoms with Crippen molar-refractivity contribution < 1.29 is 14.3 Å². The van der Waals surface area contributed by atoms with Gasteiger partial charge in [0, 0.05) is 11.3 Å². The Labute approximate surface area is 118 Å². The highest BCUT2D eigenvalue weighted by Crippen LogP contribution is 2.37. The van der Waals surface area contributed by atoms with E-state index < -0.39 is 0 Å². The van der Waals surface area contributed by atoms with Crippen LogP contribution in [0.25, 0.3) is 11.1 Å². The molecule has 0 saturated carbocycles. The second-order valence-corrected chi connectivity index (χ2v) is 4.51. The molecule has 0 aromatic heterocycles. The Morgan fingerprint density at radius 3 is 2.45 bits per heavy atom. The first-order chi connectivity index (χ1) is 9.60. The summed E-state index contributed by atoms with van der Waals surface area (Å²) in [6.07, 6.45) is 0.747. The number of hydrogen-bond donors (Lipinski definition) is 1. The van der Waals surface area contributed by atoms with Crippen molar-refractivity contribution in [3.63, 3.8) is 0 Å². The Hall–Kier alpha value is -2.49. The molecule has 2 aromatic carbocycles. The summed E-state index contributed by atoms with van der Waals surface area (Å²) in [6, 6.07) is 9.34. The molecule has 104 valence electrons. The van der Waals surface area contributed by atoms with E-state index in [-0.39, 0.29) is 0 Å². The zero-order chi connectivity index (χ0) is 14.7. The van der Waals surface area contributed by atoms with Gasteiger partial charge in [0.1, 0.15) is 0 Å². The summed E-state index contributed by atoms with van der Waals surface area (Å²) in [4.78, 5) is 11.2. The predicted octanol–water partition coefficient (Wildman–Crippen LogP) is 3.07. The maximum atomic E-state index is 11.2. The van der Waals surface area contributed by atoms with Gasteiger partial charge in [-0.15, -0.1) is 0 Å². The maximum Gasteiger partial charge on any atom is 0.171 e. The van der Waals surface area contributed by atoms with Gasteiger partial charge in [-0.3, -0.25) is 4.79 Å². The van der Waals surface area contributed by atoms with Crippen molar-refractivity contribution in [1.82, 2.24) is 0 Å². The van der Waals surface area contributed by atoms with E-state index in [2.05, 4.69) is 0 Å². The van der Waals surface area contributed by atoms with Gasteiger partial charge in [0.15, 0.2) is 17.8 Å². The summed E-state index contributed by atoms with van der Waals surface area (Å²) in [7, 11) is 3.04. The Balaban J connectivity index is 2.69. The van der Waals surface area contributed by atoms with Crippen molar-refractivity contribution in [3.8, 4) is 22.6 Å². The molecule has 2 rings (SSSR count). The smallest absolute Gasteiger partial charge is 0.171 e. The van der Waals surface area contributed by atoms with Crippen LogP contribution in [0.2, 0.25) is 0 Å². The number of benzene rings is 2. The van der Waals surface area contributed by atoms with Crippen LogP contribution in [0.1, 0.15) is 15.9 Å². The van der Waals surface area contributed by atoms with E-state index >= 15 is 0 Å². The van der Waals surface area contributed by atoms with Gasteiger partial charge in [-0.25, -0.2) is 0 Å². The summed E-state index contributed by atoms with van der Waals surface area (Å²) in [5.41, 5.74) is 9.89. The van der Waals surface area contributed by atoms with Crippen molar-refractivity contribution in [3.05, 3.63) is 41.5 Å². The van der Waals surface area contributed by atoms with E-state index in [1.807, 2.05) is 31.2 Å². The highest BCUT2D eigenvalue weighted by Gasteiger charge is 2.14. The van der Waals surface area contributed by atoms with E-state index in [1.165, 1.54) is 14.2 Å². The molecule has 0 aliphatic heterocycles. The molecule has 0 spiro atoms. The highest BCUT2D eigenvalue weighted by molar-refractivity contribution is 5.87. The Bertz CT molecular complexity index is 650. The second kappa shape index (κ2) is 5.65. The SMILES string of the molecule is COc1cc(-c2cc(C)ccc2N)cc(C=O)c1OC. The number of methoxy groups -OCH3 is 2. The third-order valence-electron chi connectivity index (χ3n) is 3.15. The molecule has 0 amide bonds. The van der Waals surface area contributed by atoms with Crippen LogP contribution in [0.3, 0.4) is 0 Å². The predicted molar refractivity (Wildman–Crippen MR) is 79.5 cm³/mol. The third-order valence-corrected chi connectivity index (χ3v) is 3.15. The van der Waals surface area contributed by atoms with Gasteiger partial charge in [-0.05, 0) is 36.8 Å². The fourth-order valence-corrected chi connectivity index (χ4v) is 2.16. The van der Waals surface area contributed by atoms with Crippen LogP contribution < -0.4 is 15.2 Å². The van der Waals surface area contributed by atoms with Gasteiger partial charge < -0.3 is 15.2 Å². The Morgan fingerprint density at radius 1 is 1.10 bits per heavy atom. The molecule has 0 unspecified atom stereocenters. The quantitative estimate of drug-likeness (QED) is 0.685. The standard InChI is InChI=1S/C16H17NO3/c1-10-4-5-14(17)13(6-10)11-7-12(9-18)16(20-3)15(8-11)19-2/h4-9H,17H2,1-3H3. The number of nitrogen functional groups attached to an aromatic ring is 1. The van der Waals surface area contributed by atoms with E-state index in [0.717, 1.165) is 23.0 Å². The molecule has 0 bridgehead atoms. The van der Waals surface area contributed by atoms with Gasteiger partial charge >= 0.3 is 0 Å². The van der Waals surface area contributed by atoms with Crippen molar-refractivity contribution in [1.29, 1.82) is 0 Å². The molecule has 0 radical (unpaired) electrons. The Kier molecular flexibility index (Phi) is 3.94. The lowest BCUT2D eigenvalue weighted by atomic mass is 9.99. The number of aryl methyl sites for hydroxylation is 1. The first-order valence-electron chi connectivity index (χ1n) is 6.18. The molecule has 0 aliphatic rings. The summed E-state index contributed by atoms with van der Waals surface area (Å²) < 4.78 is 10.5. The number of carbonyl (C=O) groups excluding carboxylic acids is 1. The minimum atomic E-state index is 0.428. The lowest BCUT2D eigenvalue weighted by Gasteiger charge is -2.14. The molecule has 20 heavy (non-hydrogen) atoms. The van der Waals surface area contributed by atoms with Crippen LogP contribution in [-0.4, -0.2) is 20.5 Å². The van der Waals surface area contributed by atoms with Gasteiger partial charge in [-0.2, -0.15) is 0 Å². The molecular formula is C16H17NO3. The van der Waals surface area contributed by atoms with Gasteiger partial charge in [0.2, 0.25) is 0 Å². The zero-order valence-corrected chi connectivity index (χ0v) is 11.8. The van der Waals surface area contributed by atoms with Crippen molar-refractivity contribution in [2.24, 2.45) is 0 Å². The summed E-state index contributed by atoms with van der Waals surface area (Å²) in [5.74, 6) is 0.936. The summed E-state index contributed by atoms with van der Waals surface area (Å²) >= 11 is 0. The molecule has 4 nitrogen and oxygen atoms in total. The molecule has 4 heteroatoms. The molecule has 0 aliphatic carbocycles. The number of carbonyl (C=O) groups is 1. The van der Waals surface area contributed by atoms with Crippen molar-refractivity contribution in [2.75, 3.05) is 20.0 Å². The van der Waals surface area contributed by atoms with Crippen LogP contribution in [0.5, 0.6) is 11.5 Å². The van der Waals surface area contributed by atoms with Gasteiger partial charge in [0.25, 0.3) is 0 Å². The average molecular weight is 271 g/mol.